The lowest BCUT2D eigenvalue weighted by atomic mass is 10.1. The van der Waals surface area contributed by atoms with Crippen molar-refractivity contribution in [1.29, 1.82) is 0 Å². The van der Waals surface area contributed by atoms with Crippen molar-refractivity contribution in [3.05, 3.63) is 23.1 Å². The first kappa shape index (κ1) is 13.0. The van der Waals surface area contributed by atoms with Crippen LogP contribution in [-0.2, 0) is 0 Å². The molecule has 0 saturated carbocycles. The number of nitrogens with zero attached hydrogens (tertiary/aromatic N) is 2. The molecule has 5 heteroatoms. The molecule has 0 bridgehead atoms. The van der Waals surface area contributed by atoms with Crippen LogP contribution >= 0.6 is 11.6 Å². The van der Waals surface area contributed by atoms with Crippen molar-refractivity contribution in [3.63, 3.8) is 0 Å². The summed E-state index contributed by atoms with van der Waals surface area (Å²) in [5.41, 5.74) is 0. The van der Waals surface area contributed by atoms with Crippen molar-refractivity contribution in [1.82, 2.24) is 9.80 Å². The van der Waals surface area contributed by atoms with Crippen LogP contribution in [0.25, 0.3) is 0 Å². The Kier molecular flexibility index (Phi) is 3.80. The van der Waals surface area contributed by atoms with Gasteiger partial charge in [0.05, 0.1) is 0 Å². The van der Waals surface area contributed by atoms with Gasteiger partial charge in [0.25, 0.3) is 5.91 Å². The van der Waals surface area contributed by atoms with Gasteiger partial charge in [-0.2, -0.15) is 0 Å². The van der Waals surface area contributed by atoms with E-state index in [4.69, 9.17) is 16.0 Å². The predicted molar refractivity (Wildman–Crippen MR) is 73.5 cm³/mol. The molecule has 0 aromatic carbocycles. The average Bonchev–Trinajstić information content (AvgIpc) is 3.08. The Morgan fingerprint density at radius 1 is 1.21 bits per heavy atom. The highest BCUT2D eigenvalue weighted by atomic mass is 35.5. The molecule has 3 heterocycles. The van der Waals surface area contributed by atoms with Crippen LogP contribution in [0.3, 0.4) is 0 Å². The zero-order valence-electron chi connectivity index (χ0n) is 11.0. The van der Waals surface area contributed by atoms with Gasteiger partial charge in [-0.25, -0.2) is 0 Å². The fourth-order valence-electron chi connectivity index (χ4n) is 3.09. The molecule has 1 unspecified atom stereocenters. The molecule has 0 aliphatic carbocycles. The monoisotopic (exact) mass is 282 g/mol. The van der Waals surface area contributed by atoms with E-state index in [1.807, 2.05) is 4.90 Å². The van der Waals surface area contributed by atoms with Crippen LogP contribution in [0.1, 0.15) is 36.2 Å². The van der Waals surface area contributed by atoms with Gasteiger partial charge in [-0.3, -0.25) is 9.69 Å². The van der Waals surface area contributed by atoms with Crippen LogP contribution in [0.2, 0.25) is 5.22 Å². The molecule has 1 aromatic rings. The van der Waals surface area contributed by atoms with E-state index in [1.54, 1.807) is 12.1 Å². The smallest absolute Gasteiger partial charge is 0.289 e. The Morgan fingerprint density at radius 2 is 2.00 bits per heavy atom. The second-order valence-corrected chi connectivity index (χ2v) is 5.77. The molecule has 2 fully saturated rings. The number of amides is 1. The number of carbonyl (C=O) groups excluding carboxylic acids is 1. The van der Waals surface area contributed by atoms with Gasteiger partial charge in [-0.15, -0.1) is 0 Å². The standard InChI is InChI=1S/C14H19ClN2O2/c15-13-5-4-12(19-13)14(18)17-9-6-11(10-17)16-7-2-1-3-8-16/h4-5,11H,1-3,6-10H2. The van der Waals surface area contributed by atoms with Gasteiger partial charge >= 0.3 is 0 Å². The normalized spacial score (nSPS) is 24.9. The van der Waals surface area contributed by atoms with E-state index in [1.165, 1.54) is 32.4 Å². The van der Waals surface area contributed by atoms with Crippen molar-refractivity contribution in [3.8, 4) is 0 Å². The molecule has 2 saturated heterocycles. The zero-order chi connectivity index (χ0) is 13.2. The molecule has 104 valence electrons. The van der Waals surface area contributed by atoms with E-state index in [9.17, 15) is 4.79 Å². The third-order valence-corrected chi connectivity index (χ3v) is 4.34. The Hall–Kier alpha value is -1.00. The number of halogens is 1. The fraction of sp³-hybridized carbons (Fsp3) is 0.643. The van der Waals surface area contributed by atoms with Crippen LogP contribution in [0, 0.1) is 0 Å². The molecule has 2 aliphatic rings. The molecular formula is C14H19ClN2O2. The fourth-order valence-corrected chi connectivity index (χ4v) is 3.24. The van der Waals surface area contributed by atoms with E-state index < -0.39 is 0 Å². The third-order valence-electron chi connectivity index (χ3n) is 4.14. The Balaban J connectivity index is 1.60. The Labute approximate surface area is 118 Å². The second kappa shape index (κ2) is 5.55. The molecule has 19 heavy (non-hydrogen) atoms. The average molecular weight is 283 g/mol. The number of hydrogen-bond donors (Lipinski definition) is 0. The first-order chi connectivity index (χ1) is 9.24. The minimum absolute atomic E-state index is 0.0357. The van der Waals surface area contributed by atoms with E-state index in [2.05, 4.69) is 4.90 Å². The number of hydrogen-bond acceptors (Lipinski definition) is 3. The molecule has 0 N–H and O–H groups in total. The van der Waals surface area contributed by atoms with Gasteiger partial charge in [0, 0.05) is 19.1 Å². The van der Waals surface area contributed by atoms with Crippen molar-refractivity contribution < 1.29 is 9.21 Å². The highest BCUT2D eigenvalue weighted by Gasteiger charge is 2.32. The highest BCUT2D eigenvalue weighted by molar-refractivity contribution is 6.29. The summed E-state index contributed by atoms with van der Waals surface area (Å²) in [6, 6.07) is 3.79. The Morgan fingerprint density at radius 3 is 2.68 bits per heavy atom. The van der Waals surface area contributed by atoms with Crippen LogP contribution < -0.4 is 0 Å². The minimum Gasteiger partial charge on any atom is -0.440 e. The maximum absolute atomic E-state index is 12.2. The van der Waals surface area contributed by atoms with Crippen molar-refractivity contribution in [2.24, 2.45) is 0 Å². The van der Waals surface area contributed by atoms with Crippen molar-refractivity contribution in [2.45, 2.75) is 31.7 Å². The largest absolute Gasteiger partial charge is 0.440 e. The summed E-state index contributed by atoms with van der Waals surface area (Å²) in [5.74, 6) is 0.315. The minimum atomic E-state index is -0.0357. The molecule has 2 aliphatic heterocycles. The van der Waals surface area contributed by atoms with Crippen LogP contribution in [0.5, 0.6) is 0 Å². The van der Waals surface area contributed by atoms with Gasteiger partial charge in [0.1, 0.15) is 0 Å². The topological polar surface area (TPSA) is 36.7 Å². The summed E-state index contributed by atoms with van der Waals surface area (Å²) < 4.78 is 5.20. The lowest BCUT2D eigenvalue weighted by Gasteiger charge is -2.32. The van der Waals surface area contributed by atoms with E-state index in [-0.39, 0.29) is 11.1 Å². The van der Waals surface area contributed by atoms with Gasteiger partial charge in [0.15, 0.2) is 11.0 Å². The van der Waals surface area contributed by atoms with E-state index >= 15 is 0 Å². The Bertz CT molecular complexity index is 454. The number of furan rings is 1. The molecule has 0 radical (unpaired) electrons. The van der Waals surface area contributed by atoms with Gasteiger partial charge in [-0.1, -0.05) is 6.42 Å². The molecule has 3 rings (SSSR count). The first-order valence-electron chi connectivity index (χ1n) is 7.03. The van der Waals surface area contributed by atoms with Crippen LogP contribution in [0.4, 0.5) is 0 Å². The first-order valence-corrected chi connectivity index (χ1v) is 7.40. The number of carbonyl (C=O) groups is 1. The summed E-state index contributed by atoms with van der Waals surface area (Å²) in [6.07, 6.45) is 4.99. The van der Waals surface area contributed by atoms with Crippen LogP contribution in [-0.4, -0.2) is 47.9 Å². The highest BCUT2D eigenvalue weighted by Crippen LogP contribution is 2.22. The van der Waals surface area contributed by atoms with Gasteiger partial charge in [0.2, 0.25) is 0 Å². The zero-order valence-corrected chi connectivity index (χ0v) is 11.7. The van der Waals surface area contributed by atoms with Crippen molar-refractivity contribution in [2.75, 3.05) is 26.2 Å². The molecular weight excluding hydrogens is 264 g/mol. The molecule has 1 amide bonds. The second-order valence-electron chi connectivity index (χ2n) is 5.39. The summed E-state index contributed by atoms with van der Waals surface area (Å²) in [7, 11) is 0. The van der Waals surface area contributed by atoms with Gasteiger partial charge in [-0.05, 0) is 56.1 Å². The summed E-state index contributed by atoms with van der Waals surface area (Å²) >= 11 is 5.72. The summed E-state index contributed by atoms with van der Waals surface area (Å²) in [6.45, 7) is 3.99. The number of rotatable bonds is 2. The maximum Gasteiger partial charge on any atom is 0.289 e. The van der Waals surface area contributed by atoms with Crippen molar-refractivity contribution >= 4 is 17.5 Å². The maximum atomic E-state index is 12.2. The van der Waals surface area contributed by atoms with Gasteiger partial charge < -0.3 is 9.32 Å². The lowest BCUT2D eigenvalue weighted by Crippen LogP contribution is -2.41. The summed E-state index contributed by atoms with van der Waals surface area (Å²) in [5, 5.41) is 0.273. The molecule has 1 aromatic heterocycles. The molecule has 4 nitrogen and oxygen atoms in total. The van der Waals surface area contributed by atoms with E-state index in [0.29, 0.717) is 11.8 Å². The SMILES string of the molecule is O=C(c1ccc(Cl)o1)N1CCC(N2CCCCC2)C1. The third kappa shape index (κ3) is 2.79. The lowest BCUT2D eigenvalue weighted by molar-refractivity contribution is 0.0740. The predicted octanol–water partition coefficient (Wildman–Crippen LogP) is 2.63. The number of likely N-dealkylation sites (tertiary alicyclic amines) is 2. The molecule has 1 atom stereocenters. The summed E-state index contributed by atoms with van der Waals surface area (Å²) in [4.78, 5) is 16.7. The molecule has 0 spiro atoms. The van der Waals surface area contributed by atoms with Crippen LogP contribution in [0.15, 0.2) is 16.5 Å². The van der Waals surface area contributed by atoms with E-state index in [0.717, 1.165) is 19.5 Å². The number of piperidine rings is 1. The quantitative estimate of drug-likeness (QED) is 0.837.